The first kappa shape index (κ1) is 21.2. The Kier molecular flexibility index (Phi) is 6.34. The molecule has 0 unspecified atom stereocenters. The first-order valence-electron chi connectivity index (χ1n) is 10.9. The van der Waals surface area contributed by atoms with Gasteiger partial charge in [0.05, 0.1) is 17.1 Å². The van der Waals surface area contributed by atoms with E-state index < -0.39 is 0 Å². The first-order chi connectivity index (χ1) is 16.3. The van der Waals surface area contributed by atoms with Crippen molar-refractivity contribution in [3.63, 3.8) is 0 Å². The zero-order valence-electron chi connectivity index (χ0n) is 18.1. The summed E-state index contributed by atoms with van der Waals surface area (Å²) >= 11 is 1.45. The van der Waals surface area contributed by atoms with E-state index in [0.717, 1.165) is 46.7 Å². The summed E-state index contributed by atoms with van der Waals surface area (Å²) in [6.45, 7) is 2.80. The number of piperazine rings is 1. The second kappa shape index (κ2) is 9.87. The van der Waals surface area contributed by atoms with E-state index in [2.05, 4.69) is 44.1 Å². The molecule has 1 saturated heterocycles. The number of thioether (sulfide) groups is 1. The second-order valence-electron chi connectivity index (χ2n) is 7.70. The van der Waals surface area contributed by atoms with Gasteiger partial charge in [-0.2, -0.15) is 0 Å². The number of H-pyrrole nitrogens is 1. The average Bonchev–Trinajstić information content (AvgIpc) is 3.33. The molecule has 0 aliphatic carbocycles. The van der Waals surface area contributed by atoms with E-state index in [4.69, 9.17) is 4.98 Å². The maximum atomic E-state index is 12.9. The molecule has 1 fully saturated rings. The van der Waals surface area contributed by atoms with Crippen molar-refractivity contribution in [1.29, 1.82) is 0 Å². The van der Waals surface area contributed by atoms with Crippen molar-refractivity contribution in [2.45, 2.75) is 5.16 Å². The summed E-state index contributed by atoms with van der Waals surface area (Å²) in [5, 5.41) is 0.748. The van der Waals surface area contributed by atoms with E-state index in [1.165, 1.54) is 11.8 Å². The van der Waals surface area contributed by atoms with Crippen molar-refractivity contribution >= 4 is 23.6 Å². The monoisotopic (exact) mass is 456 g/mol. The predicted molar refractivity (Wildman–Crippen MR) is 131 cm³/mol. The summed E-state index contributed by atoms with van der Waals surface area (Å²) in [5.41, 5.74) is 3.98. The van der Waals surface area contributed by atoms with Crippen LogP contribution in [-0.4, -0.2) is 62.7 Å². The van der Waals surface area contributed by atoms with Crippen molar-refractivity contribution in [3.8, 4) is 22.5 Å². The highest BCUT2D eigenvalue weighted by molar-refractivity contribution is 7.99. The molecule has 33 heavy (non-hydrogen) atoms. The molecule has 1 N–H and O–H groups in total. The number of anilines is 1. The molecule has 0 spiro atoms. The number of aromatic amines is 1. The van der Waals surface area contributed by atoms with Gasteiger partial charge >= 0.3 is 0 Å². The van der Waals surface area contributed by atoms with E-state index >= 15 is 0 Å². The lowest BCUT2D eigenvalue weighted by Crippen LogP contribution is -2.49. The Bertz CT molecular complexity index is 1130. The summed E-state index contributed by atoms with van der Waals surface area (Å²) in [7, 11) is 0. The Balaban J connectivity index is 1.25. The average molecular weight is 457 g/mol. The standard InChI is InChI=1S/C25H24N6OS/c32-21(30-14-16-31(17-15-30)24-26-12-7-13-27-24)18-33-25-28-22(19-8-3-1-4-9-19)23(29-25)20-10-5-2-6-11-20/h1-13H,14-18H2,(H,28,29). The van der Waals surface area contributed by atoms with Gasteiger partial charge < -0.3 is 14.8 Å². The van der Waals surface area contributed by atoms with Crippen LogP contribution in [0.3, 0.4) is 0 Å². The molecule has 8 heteroatoms. The van der Waals surface area contributed by atoms with Crippen molar-refractivity contribution in [3.05, 3.63) is 79.1 Å². The third-order valence-corrected chi connectivity index (χ3v) is 6.45. The number of aromatic nitrogens is 4. The van der Waals surface area contributed by atoms with Gasteiger partial charge in [0, 0.05) is 49.7 Å². The smallest absolute Gasteiger partial charge is 0.233 e. The number of hydrogen-bond acceptors (Lipinski definition) is 6. The number of nitrogens with zero attached hydrogens (tertiary/aromatic N) is 5. The summed E-state index contributed by atoms with van der Waals surface area (Å²) in [5.74, 6) is 1.18. The maximum Gasteiger partial charge on any atom is 0.233 e. The number of benzene rings is 2. The van der Waals surface area contributed by atoms with Gasteiger partial charge in [0.15, 0.2) is 5.16 Å². The molecular weight excluding hydrogens is 432 g/mol. The predicted octanol–water partition coefficient (Wildman–Crippen LogP) is 3.97. The van der Waals surface area contributed by atoms with Crippen LogP contribution in [0.15, 0.2) is 84.3 Å². The lowest BCUT2D eigenvalue weighted by Gasteiger charge is -2.34. The summed E-state index contributed by atoms with van der Waals surface area (Å²) in [4.78, 5) is 33.8. The molecule has 0 atom stereocenters. The number of carbonyl (C=O) groups is 1. The van der Waals surface area contributed by atoms with Crippen LogP contribution < -0.4 is 4.90 Å². The van der Waals surface area contributed by atoms with E-state index in [9.17, 15) is 4.79 Å². The van der Waals surface area contributed by atoms with Crippen LogP contribution in [0.25, 0.3) is 22.5 Å². The third-order valence-electron chi connectivity index (χ3n) is 5.59. The number of nitrogens with one attached hydrogen (secondary N) is 1. The fraction of sp³-hybridized carbons (Fsp3) is 0.200. The Hall–Kier alpha value is -3.65. The Labute approximate surface area is 196 Å². The Morgan fingerprint density at radius 1 is 0.848 bits per heavy atom. The number of amides is 1. The maximum absolute atomic E-state index is 12.9. The highest BCUT2D eigenvalue weighted by atomic mass is 32.2. The molecule has 4 aromatic rings. The van der Waals surface area contributed by atoms with Crippen LogP contribution in [0.1, 0.15) is 0 Å². The summed E-state index contributed by atoms with van der Waals surface area (Å²) < 4.78 is 0. The molecule has 2 aromatic heterocycles. The zero-order chi connectivity index (χ0) is 22.5. The largest absolute Gasteiger partial charge is 0.338 e. The van der Waals surface area contributed by atoms with Crippen molar-refractivity contribution in [2.75, 3.05) is 36.8 Å². The first-order valence-corrected chi connectivity index (χ1v) is 11.9. The van der Waals surface area contributed by atoms with Gasteiger partial charge in [-0.3, -0.25) is 4.79 Å². The SMILES string of the molecule is O=C(CSc1nc(-c2ccccc2)c(-c2ccccc2)[nH]1)N1CCN(c2ncccn2)CC1. The molecule has 0 radical (unpaired) electrons. The molecule has 2 aromatic carbocycles. The van der Waals surface area contributed by atoms with Crippen LogP contribution in [0, 0.1) is 0 Å². The molecule has 7 nitrogen and oxygen atoms in total. The molecule has 1 aliphatic rings. The number of imidazole rings is 1. The van der Waals surface area contributed by atoms with Crippen molar-refractivity contribution < 1.29 is 4.79 Å². The zero-order valence-corrected chi connectivity index (χ0v) is 18.9. The number of carbonyl (C=O) groups excluding carboxylic acids is 1. The minimum atomic E-state index is 0.118. The van der Waals surface area contributed by atoms with E-state index in [-0.39, 0.29) is 5.91 Å². The van der Waals surface area contributed by atoms with Gasteiger partial charge in [-0.05, 0) is 6.07 Å². The second-order valence-corrected chi connectivity index (χ2v) is 8.67. The van der Waals surface area contributed by atoms with Crippen LogP contribution in [0.5, 0.6) is 0 Å². The highest BCUT2D eigenvalue weighted by Gasteiger charge is 2.23. The number of hydrogen-bond donors (Lipinski definition) is 1. The van der Waals surface area contributed by atoms with Crippen LogP contribution in [-0.2, 0) is 4.79 Å². The molecule has 1 amide bonds. The quantitative estimate of drug-likeness (QED) is 0.442. The van der Waals surface area contributed by atoms with Crippen LogP contribution in [0.2, 0.25) is 0 Å². The van der Waals surface area contributed by atoms with Gasteiger partial charge in [0.25, 0.3) is 0 Å². The third kappa shape index (κ3) is 4.90. The molecular formula is C25H24N6OS. The Morgan fingerprint density at radius 2 is 1.48 bits per heavy atom. The molecule has 5 rings (SSSR count). The minimum Gasteiger partial charge on any atom is -0.338 e. The molecule has 3 heterocycles. The van der Waals surface area contributed by atoms with E-state index in [1.807, 2.05) is 47.4 Å². The lowest BCUT2D eigenvalue weighted by molar-refractivity contribution is -0.128. The lowest BCUT2D eigenvalue weighted by atomic mass is 10.1. The molecule has 1 aliphatic heterocycles. The van der Waals surface area contributed by atoms with Crippen LogP contribution in [0.4, 0.5) is 5.95 Å². The molecule has 0 bridgehead atoms. The van der Waals surface area contributed by atoms with Gasteiger partial charge in [0.1, 0.15) is 0 Å². The Morgan fingerprint density at radius 3 is 2.15 bits per heavy atom. The fourth-order valence-electron chi connectivity index (χ4n) is 3.87. The van der Waals surface area contributed by atoms with E-state index in [0.29, 0.717) is 18.8 Å². The molecule has 166 valence electrons. The molecule has 0 saturated carbocycles. The minimum absolute atomic E-state index is 0.118. The van der Waals surface area contributed by atoms with Crippen molar-refractivity contribution in [1.82, 2.24) is 24.8 Å². The van der Waals surface area contributed by atoms with Crippen LogP contribution >= 0.6 is 11.8 Å². The summed E-state index contributed by atoms with van der Waals surface area (Å²) in [6.07, 6.45) is 3.49. The van der Waals surface area contributed by atoms with Crippen molar-refractivity contribution in [2.24, 2.45) is 0 Å². The van der Waals surface area contributed by atoms with Gasteiger partial charge in [0.2, 0.25) is 11.9 Å². The van der Waals surface area contributed by atoms with Gasteiger partial charge in [-0.1, -0.05) is 72.4 Å². The number of rotatable bonds is 6. The van der Waals surface area contributed by atoms with E-state index in [1.54, 1.807) is 12.4 Å². The van der Waals surface area contributed by atoms with Gasteiger partial charge in [-0.15, -0.1) is 0 Å². The summed E-state index contributed by atoms with van der Waals surface area (Å²) in [6, 6.07) is 22.1. The van der Waals surface area contributed by atoms with Gasteiger partial charge in [-0.25, -0.2) is 15.0 Å². The topological polar surface area (TPSA) is 78.0 Å². The normalized spacial score (nSPS) is 13.8. The highest BCUT2D eigenvalue weighted by Crippen LogP contribution is 2.32. The fourth-order valence-corrected chi connectivity index (χ4v) is 4.64.